The molecule has 32 heavy (non-hydrogen) atoms. The quantitative estimate of drug-likeness (QED) is 0.678. The zero-order valence-corrected chi connectivity index (χ0v) is 20.0. The fourth-order valence-electron chi connectivity index (χ4n) is 4.07. The molecular formula is C24H33FN2O4S. The third-order valence-electron chi connectivity index (χ3n) is 5.92. The Morgan fingerprint density at radius 2 is 1.97 bits per heavy atom. The fourth-order valence-corrected chi connectivity index (χ4v) is 5.90. The number of nitrogens with zero attached hydrogens (tertiary/aromatic N) is 2. The third-order valence-corrected chi connectivity index (χ3v) is 7.94. The highest BCUT2D eigenvalue weighted by atomic mass is 32.2. The van der Waals surface area contributed by atoms with Crippen LogP contribution < -0.4 is 4.74 Å². The van der Waals surface area contributed by atoms with E-state index in [4.69, 9.17) is 4.74 Å². The summed E-state index contributed by atoms with van der Waals surface area (Å²) in [6.07, 6.45) is 0.747. The minimum absolute atomic E-state index is 0.0630. The summed E-state index contributed by atoms with van der Waals surface area (Å²) in [6.45, 7) is 7.29. The summed E-state index contributed by atoms with van der Waals surface area (Å²) in [7, 11) is -1.87. The molecule has 3 atom stereocenters. The van der Waals surface area contributed by atoms with E-state index in [1.54, 1.807) is 31.2 Å². The van der Waals surface area contributed by atoms with Crippen LogP contribution >= 0.6 is 0 Å². The summed E-state index contributed by atoms with van der Waals surface area (Å²) < 4.78 is 48.5. The lowest BCUT2D eigenvalue weighted by Crippen LogP contribution is -2.49. The number of aliphatic hydroxyl groups is 1. The monoisotopic (exact) mass is 464 g/mol. The number of hydrogen-bond acceptors (Lipinski definition) is 5. The van der Waals surface area contributed by atoms with Gasteiger partial charge < -0.3 is 14.7 Å². The number of likely N-dealkylation sites (N-methyl/N-ethyl adjacent to an activating group) is 1. The van der Waals surface area contributed by atoms with Crippen molar-refractivity contribution in [3.05, 3.63) is 48.3 Å². The van der Waals surface area contributed by atoms with E-state index in [0.717, 1.165) is 13.0 Å². The zero-order chi connectivity index (χ0) is 23.5. The first-order valence-electron chi connectivity index (χ1n) is 11.0. The molecule has 0 radical (unpaired) electrons. The summed E-state index contributed by atoms with van der Waals surface area (Å²) in [4.78, 5) is 2.24. The van der Waals surface area contributed by atoms with Crippen molar-refractivity contribution in [3.63, 3.8) is 0 Å². The first-order valence-corrected chi connectivity index (χ1v) is 12.5. The van der Waals surface area contributed by atoms with Gasteiger partial charge in [-0.25, -0.2) is 12.8 Å². The standard InChI is InChI=1S/C24H33FN2O4S/c1-5-11-26(4)15-23-17(2)14-27(18(3)16-28)32(29,30)24-10-9-20(13-22(24)31-23)19-7-6-8-21(25)12-19/h6-10,12-13,17-18,23,28H,5,11,14-16H2,1-4H3/t17-,18+,23-/m1/s1. The Kier molecular flexibility index (Phi) is 7.92. The number of aliphatic hydroxyl groups excluding tert-OH is 1. The molecule has 1 aliphatic heterocycles. The Bertz CT molecular complexity index is 1030. The molecule has 0 aliphatic carbocycles. The zero-order valence-electron chi connectivity index (χ0n) is 19.2. The minimum atomic E-state index is -3.90. The average molecular weight is 465 g/mol. The molecule has 3 rings (SSSR count). The molecule has 0 aromatic heterocycles. The van der Waals surface area contributed by atoms with Gasteiger partial charge in [-0.15, -0.1) is 0 Å². The summed E-state index contributed by atoms with van der Waals surface area (Å²) in [5.41, 5.74) is 1.32. The van der Waals surface area contributed by atoms with Crippen LogP contribution in [0.15, 0.2) is 47.4 Å². The van der Waals surface area contributed by atoms with Crippen LogP contribution in [0.25, 0.3) is 11.1 Å². The van der Waals surface area contributed by atoms with Gasteiger partial charge >= 0.3 is 0 Å². The van der Waals surface area contributed by atoms with E-state index in [2.05, 4.69) is 11.8 Å². The first-order chi connectivity index (χ1) is 15.2. The van der Waals surface area contributed by atoms with E-state index in [0.29, 0.717) is 17.7 Å². The number of benzene rings is 2. The van der Waals surface area contributed by atoms with Crippen LogP contribution in [-0.4, -0.2) is 68.2 Å². The number of halogens is 1. The lowest BCUT2D eigenvalue weighted by Gasteiger charge is -2.37. The molecule has 1 heterocycles. The van der Waals surface area contributed by atoms with Gasteiger partial charge in [0.1, 0.15) is 22.6 Å². The predicted molar refractivity (Wildman–Crippen MR) is 124 cm³/mol. The average Bonchev–Trinajstić information content (AvgIpc) is 2.75. The van der Waals surface area contributed by atoms with Crippen LogP contribution in [0.1, 0.15) is 27.2 Å². The van der Waals surface area contributed by atoms with Gasteiger partial charge in [0.2, 0.25) is 10.0 Å². The summed E-state index contributed by atoms with van der Waals surface area (Å²) in [5.74, 6) is -0.217. The van der Waals surface area contributed by atoms with Gasteiger partial charge in [-0.05, 0) is 62.3 Å². The Hall–Kier alpha value is -2.00. The van der Waals surface area contributed by atoms with Crippen molar-refractivity contribution in [3.8, 4) is 16.9 Å². The Morgan fingerprint density at radius 3 is 2.62 bits per heavy atom. The van der Waals surface area contributed by atoms with Crippen molar-refractivity contribution in [1.82, 2.24) is 9.21 Å². The molecule has 1 aliphatic rings. The Morgan fingerprint density at radius 1 is 1.25 bits per heavy atom. The van der Waals surface area contributed by atoms with Crippen molar-refractivity contribution >= 4 is 10.0 Å². The topological polar surface area (TPSA) is 70.1 Å². The van der Waals surface area contributed by atoms with Gasteiger partial charge in [0.15, 0.2) is 0 Å². The van der Waals surface area contributed by atoms with Gasteiger partial charge in [0, 0.05) is 25.0 Å². The molecule has 176 valence electrons. The Labute approximate surface area is 190 Å². The van der Waals surface area contributed by atoms with E-state index in [9.17, 15) is 17.9 Å². The van der Waals surface area contributed by atoms with Gasteiger partial charge in [-0.1, -0.05) is 32.0 Å². The van der Waals surface area contributed by atoms with Crippen molar-refractivity contribution in [1.29, 1.82) is 0 Å². The van der Waals surface area contributed by atoms with Crippen molar-refractivity contribution in [2.45, 2.75) is 44.2 Å². The molecule has 0 fully saturated rings. The minimum Gasteiger partial charge on any atom is -0.487 e. The highest BCUT2D eigenvalue weighted by molar-refractivity contribution is 7.89. The maximum absolute atomic E-state index is 13.8. The predicted octanol–water partition coefficient (Wildman–Crippen LogP) is 3.60. The molecule has 2 aromatic carbocycles. The highest BCUT2D eigenvalue weighted by Crippen LogP contribution is 2.36. The molecule has 0 saturated heterocycles. The second kappa shape index (κ2) is 10.3. The number of hydrogen-bond donors (Lipinski definition) is 1. The van der Waals surface area contributed by atoms with E-state index in [-0.39, 0.29) is 41.6 Å². The highest BCUT2D eigenvalue weighted by Gasteiger charge is 2.38. The summed E-state index contributed by atoms with van der Waals surface area (Å²) in [6, 6.07) is 10.5. The van der Waals surface area contributed by atoms with Crippen LogP contribution in [0.4, 0.5) is 4.39 Å². The largest absolute Gasteiger partial charge is 0.487 e. The smallest absolute Gasteiger partial charge is 0.247 e. The molecule has 0 spiro atoms. The van der Waals surface area contributed by atoms with Crippen LogP contribution in [0.5, 0.6) is 5.75 Å². The molecule has 0 saturated carbocycles. The van der Waals surface area contributed by atoms with E-state index >= 15 is 0 Å². The SMILES string of the molecule is CCCN(C)C[C@H]1Oc2cc(-c3cccc(F)c3)ccc2S(=O)(=O)N([C@@H](C)CO)C[C@H]1C. The fraction of sp³-hybridized carbons (Fsp3) is 0.500. The lowest BCUT2D eigenvalue weighted by atomic mass is 10.0. The first kappa shape index (κ1) is 24.6. The molecule has 1 N–H and O–H groups in total. The van der Waals surface area contributed by atoms with Gasteiger partial charge in [0.05, 0.1) is 6.61 Å². The van der Waals surface area contributed by atoms with E-state index in [1.807, 2.05) is 14.0 Å². The maximum atomic E-state index is 13.8. The van der Waals surface area contributed by atoms with Gasteiger partial charge in [-0.3, -0.25) is 0 Å². The van der Waals surface area contributed by atoms with Crippen molar-refractivity contribution < 1.29 is 22.7 Å². The third kappa shape index (κ3) is 5.31. The van der Waals surface area contributed by atoms with E-state index < -0.39 is 16.1 Å². The molecule has 0 unspecified atom stereocenters. The molecule has 8 heteroatoms. The second-order valence-electron chi connectivity index (χ2n) is 8.67. The number of sulfonamides is 1. The van der Waals surface area contributed by atoms with Crippen molar-refractivity contribution in [2.24, 2.45) is 5.92 Å². The molecule has 6 nitrogen and oxygen atoms in total. The normalized spacial score (nSPS) is 22.0. The molecule has 0 bridgehead atoms. The number of ether oxygens (including phenoxy) is 1. The van der Waals surface area contributed by atoms with Gasteiger partial charge in [-0.2, -0.15) is 4.31 Å². The summed E-state index contributed by atoms with van der Waals surface area (Å²) >= 11 is 0. The van der Waals surface area contributed by atoms with Crippen molar-refractivity contribution in [2.75, 3.05) is 33.3 Å². The van der Waals surface area contributed by atoms with E-state index in [1.165, 1.54) is 22.5 Å². The van der Waals surface area contributed by atoms with Crippen LogP contribution in [-0.2, 0) is 10.0 Å². The number of rotatable bonds is 7. The second-order valence-corrected chi connectivity index (χ2v) is 10.5. The van der Waals surface area contributed by atoms with Crippen LogP contribution in [0.2, 0.25) is 0 Å². The lowest BCUT2D eigenvalue weighted by molar-refractivity contribution is 0.0753. The molecule has 2 aromatic rings. The Balaban J connectivity index is 2.11. The molecular weight excluding hydrogens is 431 g/mol. The number of fused-ring (bicyclic) bond motifs is 1. The summed E-state index contributed by atoms with van der Waals surface area (Å²) in [5, 5.41) is 9.73. The maximum Gasteiger partial charge on any atom is 0.247 e. The van der Waals surface area contributed by atoms with Crippen LogP contribution in [0.3, 0.4) is 0 Å². The van der Waals surface area contributed by atoms with Crippen LogP contribution in [0, 0.1) is 11.7 Å². The van der Waals surface area contributed by atoms with Gasteiger partial charge in [0.25, 0.3) is 0 Å². The molecule has 0 amide bonds.